The van der Waals surface area contributed by atoms with Gasteiger partial charge in [0.1, 0.15) is 17.2 Å². The molecule has 2 aromatic heterocycles. The van der Waals surface area contributed by atoms with Crippen LogP contribution in [0, 0.1) is 12.3 Å². The number of thioether (sulfide) groups is 1. The SMILES string of the molecule is C#CCON=C(C(=O)NC1C(=O)N2C(C(=O)[O-])=C(C[n+]3ccc(OC)cc3)CS[C@@H]12)c1nsc(N)n1. The van der Waals surface area contributed by atoms with E-state index in [1.54, 1.807) is 36.2 Å². The minimum absolute atomic E-state index is 0.0962. The summed E-state index contributed by atoms with van der Waals surface area (Å²) in [6.07, 6.45) is 8.61. The fourth-order valence-corrected chi connectivity index (χ4v) is 5.33. The number of terminal acetylenes is 1. The van der Waals surface area contributed by atoms with Crippen LogP contribution in [0.2, 0.25) is 0 Å². The van der Waals surface area contributed by atoms with Crippen LogP contribution in [0.3, 0.4) is 0 Å². The highest BCUT2D eigenvalue weighted by molar-refractivity contribution is 8.00. The molecule has 2 atom stereocenters. The summed E-state index contributed by atoms with van der Waals surface area (Å²) in [5.41, 5.74) is 5.56. The van der Waals surface area contributed by atoms with Crippen molar-refractivity contribution in [3.8, 4) is 18.1 Å². The molecule has 0 saturated carbocycles. The Labute approximate surface area is 213 Å². The number of nitrogens with one attached hydrogen (secondary N) is 1. The number of fused-ring (bicyclic) bond motifs is 1. The van der Waals surface area contributed by atoms with Gasteiger partial charge in [0.05, 0.1) is 18.8 Å². The quantitative estimate of drug-likeness (QED) is 0.0911. The summed E-state index contributed by atoms with van der Waals surface area (Å²) in [5.74, 6) is 0.180. The molecular formula is C21H19N7O6S2. The molecule has 186 valence electrons. The van der Waals surface area contributed by atoms with Crippen LogP contribution >= 0.6 is 23.3 Å². The molecule has 15 heteroatoms. The number of aliphatic carboxylic acids is 1. The summed E-state index contributed by atoms with van der Waals surface area (Å²) < 4.78 is 10.8. The van der Waals surface area contributed by atoms with Crippen molar-refractivity contribution in [2.75, 3.05) is 25.2 Å². The molecule has 36 heavy (non-hydrogen) atoms. The predicted molar refractivity (Wildman–Crippen MR) is 126 cm³/mol. The lowest BCUT2D eigenvalue weighted by Crippen LogP contribution is -2.71. The fourth-order valence-electron chi connectivity index (χ4n) is 3.56. The number of β-lactam (4-membered cyclic amide) rings is 1. The van der Waals surface area contributed by atoms with E-state index >= 15 is 0 Å². The molecule has 2 amide bonds. The number of ether oxygens (including phenoxy) is 1. The predicted octanol–water partition coefficient (Wildman–Crippen LogP) is -2.13. The number of carbonyl (C=O) groups is 3. The van der Waals surface area contributed by atoms with E-state index in [4.69, 9.17) is 21.7 Å². The summed E-state index contributed by atoms with van der Waals surface area (Å²) in [5, 5.41) is 17.7. The standard InChI is InChI=1S/C21H19N7O6S2/c1-3-8-34-25-13(16-24-21(22)36-26-16)17(29)23-14-18(30)28-15(20(31)32)11(10-35-19(14)28)9-27-6-4-12(33-2)5-7-27/h1,4-7,14,19H,8-10H2,2H3,(H3-,22,23,24,26,29,31,32)/t14?,19-/m0/s1. The molecular weight excluding hydrogens is 510 g/mol. The topological polar surface area (TPSA) is 176 Å². The number of carboxylic acid groups (broad SMARTS) is 1. The Morgan fingerprint density at radius 3 is 2.81 bits per heavy atom. The number of amides is 2. The number of hydrogen-bond donors (Lipinski definition) is 2. The molecule has 2 aliphatic rings. The average Bonchev–Trinajstić information content (AvgIpc) is 3.30. The van der Waals surface area contributed by atoms with Crippen LogP contribution in [0.4, 0.5) is 5.13 Å². The third-order valence-electron chi connectivity index (χ3n) is 5.17. The van der Waals surface area contributed by atoms with E-state index in [-0.39, 0.29) is 35.5 Å². The zero-order chi connectivity index (χ0) is 25.8. The normalized spacial score (nSPS) is 19.2. The van der Waals surface area contributed by atoms with Gasteiger partial charge in [-0.05, 0) is 0 Å². The van der Waals surface area contributed by atoms with E-state index in [1.807, 2.05) is 0 Å². The number of methoxy groups -OCH3 is 1. The van der Waals surface area contributed by atoms with Crippen molar-refractivity contribution < 1.29 is 33.6 Å². The second kappa shape index (κ2) is 10.6. The first-order valence-electron chi connectivity index (χ1n) is 10.3. The number of anilines is 1. The molecule has 2 aromatic rings. The lowest BCUT2D eigenvalue weighted by molar-refractivity contribution is -0.689. The first kappa shape index (κ1) is 24.9. The Balaban J connectivity index is 1.52. The third-order valence-corrected chi connectivity index (χ3v) is 7.05. The highest BCUT2D eigenvalue weighted by Gasteiger charge is 2.53. The van der Waals surface area contributed by atoms with E-state index in [0.29, 0.717) is 17.1 Å². The van der Waals surface area contributed by atoms with E-state index in [1.165, 1.54) is 11.8 Å². The van der Waals surface area contributed by atoms with Crippen LogP contribution in [0.25, 0.3) is 0 Å². The van der Waals surface area contributed by atoms with Crippen molar-refractivity contribution in [3.05, 3.63) is 41.6 Å². The Kier molecular flexibility index (Phi) is 7.36. The van der Waals surface area contributed by atoms with Gasteiger partial charge in [-0.1, -0.05) is 11.1 Å². The van der Waals surface area contributed by atoms with Gasteiger partial charge in [-0.25, -0.2) is 4.57 Å². The second-order valence-corrected chi connectivity index (χ2v) is 9.27. The average molecular weight is 530 g/mol. The number of oxime groups is 1. The number of carboxylic acids is 1. The van der Waals surface area contributed by atoms with Gasteiger partial charge in [-0.2, -0.15) is 9.36 Å². The number of nitrogens with zero attached hydrogens (tertiary/aromatic N) is 5. The highest BCUT2D eigenvalue weighted by atomic mass is 32.2. The Morgan fingerprint density at radius 2 is 2.19 bits per heavy atom. The van der Waals surface area contributed by atoms with Crippen molar-refractivity contribution in [1.82, 2.24) is 19.6 Å². The first-order valence-corrected chi connectivity index (χ1v) is 12.1. The molecule has 0 aromatic carbocycles. The number of carbonyl (C=O) groups excluding carboxylic acids is 3. The lowest BCUT2D eigenvalue weighted by Gasteiger charge is -2.50. The third kappa shape index (κ3) is 4.95. The van der Waals surface area contributed by atoms with Gasteiger partial charge in [0.15, 0.2) is 30.7 Å². The van der Waals surface area contributed by atoms with Crippen molar-refractivity contribution >= 4 is 51.9 Å². The van der Waals surface area contributed by atoms with Crippen molar-refractivity contribution in [1.29, 1.82) is 0 Å². The van der Waals surface area contributed by atoms with Crippen molar-refractivity contribution in [2.45, 2.75) is 18.0 Å². The zero-order valence-electron chi connectivity index (χ0n) is 18.7. The van der Waals surface area contributed by atoms with Crippen LogP contribution in [-0.4, -0.2) is 68.6 Å². The van der Waals surface area contributed by atoms with Crippen LogP contribution in [0.1, 0.15) is 5.82 Å². The molecule has 0 radical (unpaired) electrons. The molecule has 1 saturated heterocycles. The minimum atomic E-state index is -1.48. The molecule has 0 spiro atoms. The van der Waals surface area contributed by atoms with Gasteiger partial charge in [-0.15, -0.1) is 18.2 Å². The largest absolute Gasteiger partial charge is 0.543 e. The molecule has 4 heterocycles. The maximum atomic E-state index is 13.0. The molecule has 4 rings (SSSR count). The van der Waals surface area contributed by atoms with E-state index in [9.17, 15) is 19.5 Å². The number of pyridine rings is 1. The Morgan fingerprint density at radius 1 is 1.44 bits per heavy atom. The minimum Gasteiger partial charge on any atom is -0.543 e. The fraction of sp³-hybridized carbons (Fsp3) is 0.286. The van der Waals surface area contributed by atoms with Crippen LogP contribution < -0.4 is 25.5 Å². The van der Waals surface area contributed by atoms with Gasteiger partial charge >= 0.3 is 0 Å². The first-order chi connectivity index (χ1) is 17.3. The lowest BCUT2D eigenvalue weighted by atomic mass is 10.0. The Hall–Kier alpha value is -4.16. The van der Waals surface area contributed by atoms with E-state index in [0.717, 1.165) is 16.4 Å². The molecule has 13 nitrogen and oxygen atoms in total. The van der Waals surface area contributed by atoms with Gasteiger partial charge in [-0.3, -0.25) is 14.5 Å². The number of hydrogen-bond acceptors (Lipinski definition) is 12. The number of nitrogens with two attached hydrogens (primary N) is 1. The monoisotopic (exact) mass is 529 g/mol. The van der Waals surface area contributed by atoms with Gasteiger partial charge < -0.3 is 30.5 Å². The van der Waals surface area contributed by atoms with Gasteiger partial charge in [0, 0.05) is 35.0 Å². The Bertz CT molecular complexity index is 1300. The second-order valence-electron chi connectivity index (χ2n) is 7.38. The highest BCUT2D eigenvalue weighted by Crippen LogP contribution is 2.40. The maximum Gasteiger partial charge on any atom is 0.278 e. The molecule has 1 fully saturated rings. The molecule has 1 unspecified atom stereocenters. The van der Waals surface area contributed by atoms with E-state index < -0.39 is 29.2 Å². The van der Waals surface area contributed by atoms with Crippen LogP contribution in [0.5, 0.6) is 5.75 Å². The molecule has 0 bridgehead atoms. The number of rotatable bonds is 9. The summed E-state index contributed by atoms with van der Waals surface area (Å²) in [4.78, 5) is 47.8. The summed E-state index contributed by atoms with van der Waals surface area (Å²) in [6.45, 7) is 0.0217. The van der Waals surface area contributed by atoms with Gasteiger partial charge in [0.25, 0.3) is 11.8 Å². The molecule has 0 aliphatic carbocycles. The summed E-state index contributed by atoms with van der Waals surface area (Å²) in [7, 11) is 1.54. The number of nitrogen functional groups attached to an aromatic ring is 1. The van der Waals surface area contributed by atoms with Crippen LogP contribution in [0.15, 0.2) is 41.0 Å². The molecule has 2 aliphatic heterocycles. The van der Waals surface area contributed by atoms with E-state index in [2.05, 4.69) is 25.8 Å². The summed E-state index contributed by atoms with van der Waals surface area (Å²) >= 11 is 2.16. The summed E-state index contributed by atoms with van der Waals surface area (Å²) in [6, 6.07) is 2.45. The van der Waals surface area contributed by atoms with Crippen LogP contribution in [-0.2, 0) is 25.8 Å². The number of aromatic nitrogens is 3. The van der Waals surface area contributed by atoms with Gasteiger partial charge in [0.2, 0.25) is 11.5 Å². The maximum absolute atomic E-state index is 13.0. The molecule has 3 N–H and O–H groups in total. The van der Waals surface area contributed by atoms with Crippen molar-refractivity contribution in [3.63, 3.8) is 0 Å². The zero-order valence-corrected chi connectivity index (χ0v) is 20.4. The van der Waals surface area contributed by atoms with Crippen molar-refractivity contribution in [2.24, 2.45) is 5.16 Å². The smallest absolute Gasteiger partial charge is 0.278 e.